The van der Waals surface area contributed by atoms with Crippen LogP contribution in [0.4, 0.5) is 10.2 Å². The first kappa shape index (κ1) is 10.6. The fourth-order valence-electron chi connectivity index (χ4n) is 1.69. The van der Waals surface area contributed by atoms with Gasteiger partial charge in [0.15, 0.2) is 11.6 Å². The van der Waals surface area contributed by atoms with Gasteiger partial charge >= 0.3 is 0 Å². The van der Waals surface area contributed by atoms with Gasteiger partial charge in [-0.3, -0.25) is 0 Å². The molecule has 1 aliphatic rings. The first-order chi connectivity index (χ1) is 7.17. The molecule has 0 aliphatic heterocycles. The van der Waals surface area contributed by atoms with Crippen LogP contribution in [0.25, 0.3) is 0 Å². The van der Waals surface area contributed by atoms with Crippen molar-refractivity contribution in [2.45, 2.75) is 31.7 Å². The summed E-state index contributed by atoms with van der Waals surface area (Å²) in [6.45, 7) is 1.62. The van der Waals surface area contributed by atoms with E-state index < -0.39 is 0 Å². The summed E-state index contributed by atoms with van der Waals surface area (Å²) in [5.41, 5.74) is 0.194. The summed E-state index contributed by atoms with van der Waals surface area (Å²) in [6.07, 6.45) is 4.44. The quantitative estimate of drug-likeness (QED) is 0.810. The second kappa shape index (κ2) is 3.93. The molecule has 0 aromatic carbocycles. The maximum Gasteiger partial charge on any atom is 0.186 e. The molecule has 0 spiro atoms. The highest BCUT2D eigenvalue weighted by atomic mass is 35.5. The minimum absolute atomic E-state index is 0.164. The molecule has 1 fully saturated rings. The van der Waals surface area contributed by atoms with Crippen molar-refractivity contribution in [2.75, 3.05) is 11.2 Å². The Hall–Kier alpha value is -0.900. The van der Waals surface area contributed by atoms with E-state index in [-0.39, 0.29) is 17.2 Å². The monoisotopic (exact) mass is 229 g/mol. The Morgan fingerprint density at radius 3 is 2.80 bits per heavy atom. The maximum absolute atomic E-state index is 13.6. The Labute approximate surface area is 93.1 Å². The van der Waals surface area contributed by atoms with Crippen LogP contribution in [-0.4, -0.2) is 21.4 Å². The Bertz CT molecular complexity index is 360. The lowest BCUT2D eigenvalue weighted by Gasteiger charge is -2.41. The van der Waals surface area contributed by atoms with Gasteiger partial charge in [-0.15, -0.1) is 11.6 Å². The van der Waals surface area contributed by atoms with Crippen LogP contribution in [0.3, 0.4) is 0 Å². The summed E-state index contributed by atoms with van der Waals surface area (Å²) in [5, 5.41) is 3.09. The Kier molecular flexibility index (Phi) is 2.78. The van der Waals surface area contributed by atoms with Gasteiger partial charge in [-0.1, -0.05) is 0 Å². The average molecular weight is 230 g/mol. The fraction of sp³-hybridized carbons (Fsp3) is 0.600. The lowest BCUT2D eigenvalue weighted by molar-refractivity contribution is 0.308. The third-order valence-corrected chi connectivity index (χ3v) is 3.43. The molecule has 0 bridgehead atoms. The molecule has 1 aromatic heterocycles. The van der Waals surface area contributed by atoms with Crippen molar-refractivity contribution in [1.29, 1.82) is 0 Å². The summed E-state index contributed by atoms with van der Waals surface area (Å²) in [5.74, 6) is 0.368. The Balaban J connectivity index is 2.20. The van der Waals surface area contributed by atoms with Crippen LogP contribution in [0.15, 0.2) is 6.33 Å². The van der Waals surface area contributed by atoms with Gasteiger partial charge in [0.1, 0.15) is 6.33 Å². The molecule has 3 nitrogen and oxygen atoms in total. The summed E-state index contributed by atoms with van der Waals surface area (Å²) in [6, 6.07) is 0. The zero-order chi connectivity index (χ0) is 10.9. The van der Waals surface area contributed by atoms with Crippen LogP contribution in [-0.2, 0) is 0 Å². The van der Waals surface area contributed by atoms with E-state index in [1.54, 1.807) is 6.92 Å². The molecule has 15 heavy (non-hydrogen) atoms. The van der Waals surface area contributed by atoms with Gasteiger partial charge in [0.2, 0.25) is 0 Å². The van der Waals surface area contributed by atoms with Crippen LogP contribution in [0, 0.1) is 12.7 Å². The second-order valence-electron chi connectivity index (χ2n) is 4.01. The topological polar surface area (TPSA) is 37.8 Å². The molecule has 1 aliphatic carbocycles. The first-order valence-corrected chi connectivity index (χ1v) is 5.52. The van der Waals surface area contributed by atoms with E-state index in [1.165, 1.54) is 6.33 Å². The van der Waals surface area contributed by atoms with Gasteiger partial charge in [-0.25, -0.2) is 14.4 Å². The molecule has 0 unspecified atom stereocenters. The molecule has 0 saturated heterocycles. The van der Waals surface area contributed by atoms with E-state index in [2.05, 4.69) is 15.3 Å². The highest BCUT2D eigenvalue weighted by molar-refractivity contribution is 6.19. The van der Waals surface area contributed by atoms with Gasteiger partial charge in [0.25, 0.3) is 0 Å². The summed E-state index contributed by atoms with van der Waals surface area (Å²) in [7, 11) is 0. The van der Waals surface area contributed by atoms with Gasteiger partial charge < -0.3 is 5.32 Å². The lowest BCUT2D eigenvalue weighted by atomic mass is 9.78. The third-order valence-electron chi connectivity index (χ3n) is 2.91. The molecular weight excluding hydrogens is 217 g/mol. The predicted octanol–water partition coefficient (Wildman–Crippen LogP) is 2.50. The number of rotatable bonds is 3. The highest BCUT2D eigenvalue weighted by Gasteiger charge is 2.37. The van der Waals surface area contributed by atoms with Gasteiger partial charge in [0, 0.05) is 5.88 Å². The van der Waals surface area contributed by atoms with E-state index in [0.717, 1.165) is 19.3 Å². The number of nitrogens with zero attached hydrogens (tertiary/aromatic N) is 2. The number of hydrogen-bond donors (Lipinski definition) is 1. The van der Waals surface area contributed by atoms with Crippen LogP contribution in [0.5, 0.6) is 0 Å². The van der Waals surface area contributed by atoms with Crippen molar-refractivity contribution in [3.05, 3.63) is 17.8 Å². The highest BCUT2D eigenvalue weighted by Crippen LogP contribution is 2.36. The van der Waals surface area contributed by atoms with Crippen molar-refractivity contribution in [1.82, 2.24) is 9.97 Å². The van der Waals surface area contributed by atoms with E-state index >= 15 is 0 Å². The minimum Gasteiger partial charge on any atom is -0.361 e. The van der Waals surface area contributed by atoms with Crippen LogP contribution in [0.2, 0.25) is 0 Å². The Morgan fingerprint density at radius 2 is 2.27 bits per heavy atom. The predicted molar refractivity (Wildman–Crippen MR) is 57.7 cm³/mol. The molecule has 0 amide bonds. The molecule has 0 radical (unpaired) electrons. The van der Waals surface area contributed by atoms with Crippen molar-refractivity contribution < 1.29 is 4.39 Å². The molecule has 82 valence electrons. The van der Waals surface area contributed by atoms with E-state index in [0.29, 0.717) is 11.6 Å². The number of aromatic nitrogens is 2. The average Bonchev–Trinajstić information content (AvgIpc) is 2.18. The number of halogens is 2. The SMILES string of the molecule is Cc1ncnc(NC2(CCl)CCC2)c1F. The first-order valence-electron chi connectivity index (χ1n) is 4.98. The number of nitrogens with one attached hydrogen (secondary N) is 1. The van der Waals surface area contributed by atoms with Crippen molar-refractivity contribution >= 4 is 17.4 Å². The molecule has 1 saturated carbocycles. The maximum atomic E-state index is 13.6. The number of alkyl halides is 1. The Morgan fingerprint density at radius 1 is 1.53 bits per heavy atom. The minimum atomic E-state index is -0.381. The molecular formula is C10H13ClFN3. The van der Waals surface area contributed by atoms with Crippen molar-refractivity contribution in [3.63, 3.8) is 0 Å². The summed E-state index contributed by atoms with van der Waals surface area (Å²) < 4.78 is 13.6. The fourth-order valence-corrected chi connectivity index (χ4v) is 2.03. The van der Waals surface area contributed by atoms with Gasteiger partial charge in [-0.2, -0.15) is 0 Å². The largest absolute Gasteiger partial charge is 0.361 e. The molecule has 5 heteroatoms. The molecule has 0 atom stereocenters. The zero-order valence-electron chi connectivity index (χ0n) is 8.56. The van der Waals surface area contributed by atoms with Gasteiger partial charge in [-0.05, 0) is 26.2 Å². The van der Waals surface area contributed by atoms with E-state index in [1.807, 2.05) is 0 Å². The normalized spacial score (nSPS) is 18.3. The molecule has 1 N–H and O–H groups in total. The zero-order valence-corrected chi connectivity index (χ0v) is 9.31. The second-order valence-corrected chi connectivity index (χ2v) is 4.28. The van der Waals surface area contributed by atoms with Crippen LogP contribution in [0.1, 0.15) is 25.0 Å². The lowest BCUT2D eigenvalue weighted by Crippen LogP contribution is -2.47. The molecule has 1 heterocycles. The van der Waals surface area contributed by atoms with E-state index in [4.69, 9.17) is 11.6 Å². The van der Waals surface area contributed by atoms with Crippen molar-refractivity contribution in [2.24, 2.45) is 0 Å². The van der Waals surface area contributed by atoms with Crippen LogP contribution < -0.4 is 5.32 Å². The summed E-state index contributed by atoms with van der Waals surface area (Å²) in [4.78, 5) is 7.68. The third kappa shape index (κ3) is 1.91. The molecule has 2 rings (SSSR count). The number of hydrogen-bond acceptors (Lipinski definition) is 3. The number of aryl methyl sites for hydroxylation is 1. The smallest absolute Gasteiger partial charge is 0.186 e. The van der Waals surface area contributed by atoms with E-state index in [9.17, 15) is 4.39 Å². The summed E-state index contributed by atoms with van der Waals surface area (Å²) >= 11 is 5.87. The molecule has 1 aromatic rings. The van der Waals surface area contributed by atoms with Crippen molar-refractivity contribution in [3.8, 4) is 0 Å². The van der Waals surface area contributed by atoms with Crippen LogP contribution >= 0.6 is 11.6 Å². The number of anilines is 1. The standard InChI is InChI=1S/C10H13ClFN3/c1-7-8(12)9(14-6-13-7)15-10(5-11)3-2-4-10/h6H,2-5H2,1H3,(H,13,14,15). The van der Waals surface area contributed by atoms with Gasteiger partial charge in [0.05, 0.1) is 11.2 Å².